The molecular weight excluding hydrogens is 174 g/mol. The summed E-state index contributed by atoms with van der Waals surface area (Å²) in [7, 11) is 1.34. The lowest BCUT2D eigenvalue weighted by Gasteiger charge is -2.10. The topological polar surface area (TPSA) is 38.7 Å². The summed E-state index contributed by atoms with van der Waals surface area (Å²) in [5, 5.41) is 2.20. The van der Waals surface area contributed by atoms with Crippen molar-refractivity contribution in [1.82, 2.24) is 0 Å². The molecular formula is C8H13NO2S. The molecule has 0 rings (SSSR count). The second kappa shape index (κ2) is 5.86. The summed E-state index contributed by atoms with van der Waals surface area (Å²) in [5.74, 6) is 0.0438. The summed E-state index contributed by atoms with van der Waals surface area (Å²) in [5.41, 5.74) is 0. The number of carbonyl (C=O) groups excluding carboxylic acids is 1. The predicted octanol–water partition coefficient (Wildman–Crippen LogP) is 1.68. The Bertz CT molecular complexity index is 197. The number of ether oxygens (including phenoxy) is 1. The standard InChI is InChI=1S/C8H13NO2S/c1-6(2)4-7(9-5-12)8(10)11-3/h6-7H,4H2,1-3H3/t7-/m1/s1. The van der Waals surface area contributed by atoms with Crippen molar-refractivity contribution in [3.63, 3.8) is 0 Å². The summed E-state index contributed by atoms with van der Waals surface area (Å²) in [6, 6.07) is -0.479. The Balaban J connectivity index is 4.22. The molecule has 0 bridgehead atoms. The number of thiocarbonyl (C=S) groups is 1. The van der Waals surface area contributed by atoms with Crippen LogP contribution in [-0.2, 0) is 9.53 Å². The molecule has 0 radical (unpaired) electrons. The highest BCUT2D eigenvalue weighted by atomic mass is 32.1. The number of rotatable bonds is 4. The quantitative estimate of drug-likeness (QED) is 0.382. The first-order valence-corrected chi connectivity index (χ1v) is 4.17. The number of aliphatic imine (C=N–C) groups is 1. The zero-order valence-corrected chi connectivity index (χ0v) is 8.35. The van der Waals surface area contributed by atoms with Gasteiger partial charge in [0.05, 0.1) is 12.3 Å². The molecule has 0 aliphatic rings. The van der Waals surface area contributed by atoms with Crippen molar-refractivity contribution in [2.75, 3.05) is 7.11 Å². The first-order chi connectivity index (χ1) is 5.61. The summed E-state index contributed by atoms with van der Waals surface area (Å²) in [6.07, 6.45) is 0.649. The zero-order chi connectivity index (χ0) is 9.56. The smallest absolute Gasteiger partial charge is 0.331 e. The third-order valence-corrected chi connectivity index (χ3v) is 1.48. The molecule has 0 aromatic carbocycles. The maximum absolute atomic E-state index is 11.0. The molecule has 68 valence electrons. The van der Waals surface area contributed by atoms with E-state index < -0.39 is 6.04 Å². The molecule has 0 aromatic heterocycles. The third kappa shape index (κ3) is 4.21. The van der Waals surface area contributed by atoms with Gasteiger partial charge in [-0.15, -0.1) is 0 Å². The van der Waals surface area contributed by atoms with E-state index in [0.717, 1.165) is 0 Å². The summed E-state index contributed by atoms with van der Waals surface area (Å²) in [6.45, 7) is 4.02. The Kier molecular flexibility index (Phi) is 5.51. The van der Waals surface area contributed by atoms with Crippen molar-refractivity contribution >= 4 is 23.3 Å². The minimum atomic E-state index is -0.479. The van der Waals surface area contributed by atoms with E-state index in [1.165, 1.54) is 7.11 Å². The SMILES string of the molecule is COC(=O)[C@@H](CC(C)C)N=C=S. The van der Waals surface area contributed by atoms with E-state index in [2.05, 4.69) is 27.1 Å². The van der Waals surface area contributed by atoms with Crippen LogP contribution in [0, 0.1) is 5.92 Å². The van der Waals surface area contributed by atoms with Gasteiger partial charge in [0.2, 0.25) is 0 Å². The van der Waals surface area contributed by atoms with Crippen molar-refractivity contribution in [2.45, 2.75) is 26.3 Å². The maximum Gasteiger partial charge on any atom is 0.331 e. The number of esters is 1. The number of hydrogen-bond acceptors (Lipinski definition) is 4. The minimum Gasteiger partial charge on any atom is -0.467 e. The lowest BCUT2D eigenvalue weighted by atomic mass is 10.0. The maximum atomic E-state index is 11.0. The van der Waals surface area contributed by atoms with E-state index in [0.29, 0.717) is 12.3 Å². The monoisotopic (exact) mass is 187 g/mol. The number of hydrogen-bond donors (Lipinski definition) is 0. The van der Waals surface area contributed by atoms with Crippen LogP contribution < -0.4 is 0 Å². The highest BCUT2D eigenvalue weighted by molar-refractivity contribution is 7.78. The Morgan fingerprint density at radius 2 is 2.25 bits per heavy atom. The average molecular weight is 187 g/mol. The van der Waals surface area contributed by atoms with Crippen LogP contribution in [0.3, 0.4) is 0 Å². The number of methoxy groups -OCH3 is 1. The molecule has 0 N–H and O–H groups in total. The van der Waals surface area contributed by atoms with E-state index in [1.54, 1.807) is 0 Å². The fourth-order valence-corrected chi connectivity index (χ4v) is 0.975. The second-order valence-corrected chi connectivity index (χ2v) is 3.07. The molecule has 0 saturated carbocycles. The minimum absolute atomic E-state index is 0.346. The molecule has 0 aliphatic carbocycles. The Labute approximate surface area is 77.8 Å². The van der Waals surface area contributed by atoms with Crippen LogP contribution in [-0.4, -0.2) is 24.3 Å². The molecule has 0 unspecified atom stereocenters. The lowest BCUT2D eigenvalue weighted by molar-refractivity contribution is -0.142. The van der Waals surface area contributed by atoms with Gasteiger partial charge in [-0.1, -0.05) is 13.8 Å². The molecule has 0 fully saturated rings. The van der Waals surface area contributed by atoms with Crippen LogP contribution in [0.15, 0.2) is 4.99 Å². The van der Waals surface area contributed by atoms with Crippen LogP contribution in [0.1, 0.15) is 20.3 Å². The van der Waals surface area contributed by atoms with E-state index in [4.69, 9.17) is 0 Å². The van der Waals surface area contributed by atoms with Gasteiger partial charge in [-0.3, -0.25) is 0 Å². The molecule has 12 heavy (non-hydrogen) atoms. The van der Waals surface area contributed by atoms with Gasteiger partial charge in [0.15, 0.2) is 6.04 Å². The molecule has 0 aliphatic heterocycles. The molecule has 0 saturated heterocycles. The van der Waals surface area contributed by atoms with Crippen molar-refractivity contribution in [3.05, 3.63) is 0 Å². The molecule has 4 heteroatoms. The number of isothiocyanates is 1. The third-order valence-electron chi connectivity index (χ3n) is 1.38. The summed E-state index contributed by atoms with van der Waals surface area (Å²) >= 11 is 4.42. The fraction of sp³-hybridized carbons (Fsp3) is 0.750. The van der Waals surface area contributed by atoms with Crippen LogP contribution in [0.2, 0.25) is 0 Å². The van der Waals surface area contributed by atoms with Gasteiger partial charge in [0, 0.05) is 0 Å². The average Bonchev–Trinajstić information content (AvgIpc) is 2.01. The normalized spacial score (nSPS) is 12.0. The van der Waals surface area contributed by atoms with Gasteiger partial charge in [-0.25, -0.2) is 9.79 Å². The molecule has 3 nitrogen and oxygen atoms in total. The van der Waals surface area contributed by atoms with Crippen molar-refractivity contribution in [3.8, 4) is 0 Å². The highest BCUT2D eigenvalue weighted by Gasteiger charge is 2.18. The van der Waals surface area contributed by atoms with Crippen molar-refractivity contribution < 1.29 is 9.53 Å². The molecule has 0 aromatic rings. The first kappa shape index (κ1) is 11.3. The van der Waals surface area contributed by atoms with E-state index in [-0.39, 0.29) is 5.97 Å². The number of nitrogens with zero attached hydrogens (tertiary/aromatic N) is 1. The van der Waals surface area contributed by atoms with Gasteiger partial charge >= 0.3 is 5.97 Å². The Hall–Kier alpha value is -0.730. The lowest BCUT2D eigenvalue weighted by Crippen LogP contribution is -2.21. The zero-order valence-electron chi connectivity index (χ0n) is 7.53. The van der Waals surface area contributed by atoms with Gasteiger partial charge < -0.3 is 4.74 Å². The second-order valence-electron chi connectivity index (χ2n) is 2.89. The van der Waals surface area contributed by atoms with Gasteiger partial charge in [0.1, 0.15) is 0 Å². The summed E-state index contributed by atoms with van der Waals surface area (Å²) in [4.78, 5) is 14.8. The van der Waals surface area contributed by atoms with Crippen LogP contribution in [0.5, 0.6) is 0 Å². The summed E-state index contributed by atoms with van der Waals surface area (Å²) < 4.78 is 4.55. The van der Waals surface area contributed by atoms with Crippen LogP contribution >= 0.6 is 12.2 Å². The predicted molar refractivity (Wildman–Crippen MR) is 50.3 cm³/mol. The van der Waals surface area contributed by atoms with Gasteiger partial charge in [0.25, 0.3) is 0 Å². The van der Waals surface area contributed by atoms with Gasteiger partial charge in [-0.2, -0.15) is 0 Å². The fourth-order valence-electron chi connectivity index (χ4n) is 0.848. The van der Waals surface area contributed by atoms with Gasteiger partial charge in [-0.05, 0) is 24.6 Å². The van der Waals surface area contributed by atoms with E-state index in [9.17, 15) is 4.79 Å². The van der Waals surface area contributed by atoms with E-state index in [1.807, 2.05) is 13.8 Å². The van der Waals surface area contributed by atoms with Crippen LogP contribution in [0.25, 0.3) is 0 Å². The number of carbonyl (C=O) groups is 1. The Morgan fingerprint density at radius 3 is 2.58 bits per heavy atom. The van der Waals surface area contributed by atoms with Crippen molar-refractivity contribution in [1.29, 1.82) is 0 Å². The highest BCUT2D eigenvalue weighted by Crippen LogP contribution is 2.08. The van der Waals surface area contributed by atoms with Crippen molar-refractivity contribution in [2.24, 2.45) is 10.9 Å². The van der Waals surface area contributed by atoms with Crippen LogP contribution in [0.4, 0.5) is 0 Å². The molecule has 1 atom stereocenters. The van der Waals surface area contributed by atoms with E-state index >= 15 is 0 Å². The molecule has 0 spiro atoms. The first-order valence-electron chi connectivity index (χ1n) is 3.76. The molecule has 0 amide bonds. The largest absolute Gasteiger partial charge is 0.467 e. The Morgan fingerprint density at radius 1 is 1.67 bits per heavy atom. The molecule has 0 heterocycles.